The van der Waals surface area contributed by atoms with Crippen molar-refractivity contribution in [3.63, 3.8) is 0 Å². The summed E-state index contributed by atoms with van der Waals surface area (Å²) < 4.78 is 34.5. The molecule has 0 aliphatic rings. The van der Waals surface area contributed by atoms with Gasteiger partial charge in [0.15, 0.2) is 0 Å². The predicted octanol–water partition coefficient (Wildman–Crippen LogP) is 4.76. The van der Waals surface area contributed by atoms with Gasteiger partial charge in [0.05, 0.1) is 17.7 Å². The lowest BCUT2D eigenvalue weighted by atomic mass is 10.1. The van der Waals surface area contributed by atoms with Crippen molar-refractivity contribution in [3.05, 3.63) is 89.0 Å². The molecule has 3 aromatic rings. The number of nitrogens with one attached hydrogen (secondary N) is 1. The second kappa shape index (κ2) is 13.5. The summed E-state index contributed by atoms with van der Waals surface area (Å²) in [4.78, 5) is 28.5. The zero-order chi connectivity index (χ0) is 29.4. The molecule has 2 amide bonds. The van der Waals surface area contributed by atoms with Crippen molar-refractivity contribution < 1.29 is 22.7 Å². The number of amides is 2. The molecule has 0 radical (unpaired) electrons. The molecule has 0 aliphatic carbocycles. The van der Waals surface area contributed by atoms with Gasteiger partial charge in [-0.3, -0.25) is 13.9 Å². The molecule has 0 unspecified atom stereocenters. The van der Waals surface area contributed by atoms with Gasteiger partial charge in [-0.05, 0) is 81.1 Å². The number of sulfonamides is 1. The maximum atomic E-state index is 14.0. The quantitative estimate of drug-likeness (QED) is 0.342. The van der Waals surface area contributed by atoms with Gasteiger partial charge in [0.2, 0.25) is 11.8 Å². The van der Waals surface area contributed by atoms with E-state index in [1.165, 1.54) is 4.90 Å². The summed E-state index contributed by atoms with van der Waals surface area (Å²) >= 11 is 0. The van der Waals surface area contributed by atoms with E-state index in [4.69, 9.17) is 4.74 Å². The fourth-order valence-corrected chi connectivity index (χ4v) is 5.76. The van der Waals surface area contributed by atoms with Gasteiger partial charge in [0.1, 0.15) is 18.3 Å². The summed E-state index contributed by atoms with van der Waals surface area (Å²) in [6.07, 6.45) is 0.748. The predicted molar refractivity (Wildman–Crippen MR) is 158 cm³/mol. The number of carbonyl (C=O) groups is 2. The highest BCUT2D eigenvalue weighted by molar-refractivity contribution is 7.92. The fourth-order valence-electron chi connectivity index (χ4n) is 4.28. The number of methoxy groups -OCH3 is 1. The summed E-state index contributed by atoms with van der Waals surface area (Å²) in [6.45, 7) is 9.26. The third kappa shape index (κ3) is 7.41. The van der Waals surface area contributed by atoms with Crippen molar-refractivity contribution in [2.45, 2.75) is 58.5 Å². The van der Waals surface area contributed by atoms with E-state index in [1.54, 1.807) is 56.5 Å². The van der Waals surface area contributed by atoms with Crippen LogP contribution < -0.4 is 14.4 Å². The van der Waals surface area contributed by atoms with Crippen molar-refractivity contribution in [2.75, 3.05) is 24.5 Å². The Hall–Kier alpha value is -3.85. The van der Waals surface area contributed by atoms with Crippen LogP contribution in [0, 0.1) is 20.8 Å². The number of hydrogen-bond donors (Lipinski definition) is 1. The maximum absolute atomic E-state index is 14.0. The Labute approximate surface area is 238 Å². The number of hydrogen-bond acceptors (Lipinski definition) is 5. The Morgan fingerprint density at radius 3 is 2.27 bits per heavy atom. The van der Waals surface area contributed by atoms with Gasteiger partial charge in [-0.15, -0.1) is 0 Å². The topological polar surface area (TPSA) is 96.0 Å². The van der Waals surface area contributed by atoms with Crippen molar-refractivity contribution >= 4 is 27.5 Å². The average Bonchev–Trinajstić information content (AvgIpc) is 2.94. The Morgan fingerprint density at radius 2 is 1.62 bits per heavy atom. The van der Waals surface area contributed by atoms with Gasteiger partial charge >= 0.3 is 0 Å². The molecule has 1 N–H and O–H groups in total. The van der Waals surface area contributed by atoms with Gasteiger partial charge in [-0.25, -0.2) is 8.42 Å². The van der Waals surface area contributed by atoms with Crippen LogP contribution in [0.1, 0.15) is 42.5 Å². The summed E-state index contributed by atoms with van der Waals surface area (Å²) in [5, 5.41) is 2.85. The third-order valence-electron chi connectivity index (χ3n) is 6.72. The lowest BCUT2D eigenvalue weighted by Gasteiger charge is -2.32. The second-order valence-corrected chi connectivity index (χ2v) is 11.8. The fraction of sp³-hybridized carbons (Fsp3) is 0.355. The van der Waals surface area contributed by atoms with Crippen LogP contribution in [0.5, 0.6) is 5.75 Å². The maximum Gasteiger partial charge on any atom is 0.264 e. The van der Waals surface area contributed by atoms with Gasteiger partial charge in [0.25, 0.3) is 10.0 Å². The largest absolute Gasteiger partial charge is 0.497 e. The molecule has 1 atom stereocenters. The molecule has 0 fully saturated rings. The number of benzene rings is 3. The van der Waals surface area contributed by atoms with E-state index in [-0.39, 0.29) is 17.3 Å². The molecule has 40 heavy (non-hydrogen) atoms. The number of rotatable bonds is 12. The molecular weight excluding hydrogens is 526 g/mol. The van der Waals surface area contributed by atoms with E-state index < -0.39 is 28.5 Å². The number of aryl methyl sites for hydroxylation is 3. The van der Waals surface area contributed by atoms with Gasteiger partial charge in [-0.2, -0.15) is 0 Å². The highest BCUT2D eigenvalue weighted by atomic mass is 32.2. The van der Waals surface area contributed by atoms with Crippen LogP contribution >= 0.6 is 0 Å². The van der Waals surface area contributed by atoms with Crippen LogP contribution in [0.3, 0.4) is 0 Å². The van der Waals surface area contributed by atoms with E-state index in [0.717, 1.165) is 27.4 Å². The van der Waals surface area contributed by atoms with Crippen LogP contribution in [-0.2, 0) is 26.2 Å². The second-order valence-electron chi connectivity index (χ2n) is 9.95. The first-order valence-corrected chi connectivity index (χ1v) is 14.8. The number of anilines is 1. The molecule has 0 spiro atoms. The summed E-state index contributed by atoms with van der Waals surface area (Å²) in [7, 11) is -2.56. The highest BCUT2D eigenvalue weighted by Crippen LogP contribution is 2.29. The van der Waals surface area contributed by atoms with Gasteiger partial charge in [0, 0.05) is 13.1 Å². The molecule has 3 rings (SSSR count). The van der Waals surface area contributed by atoms with Crippen molar-refractivity contribution in [2.24, 2.45) is 0 Å². The minimum Gasteiger partial charge on any atom is -0.497 e. The van der Waals surface area contributed by atoms with E-state index in [9.17, 15) is 18.0 Å². The summed E-state index contributed by atoms with van der Waals surface area (Å²) in [5.41, 5.74) is 3.66. The van der Waals surface area contributed by atoms with E-state index in [2.05, 4.69) is 5.32 Å². The Balaban J connectivity index is 2.07. The molecule has 0 saturated heterocycles. The lowest BCUT2D eigenvalue weighted by molar-refractivity contribution is -0.139. The normalized spacial score (nSPS) is 11.9. The van der Waals surface area contributed by atoms with Crippen LogP contribution in [0.15, 0.2) is 71.6 Å². The zero-order valence-corrected chi connectivity index (χ0v) is 24.9. The number of nitrogens with zero attached hydrogens (tertiary/aromatic N) is 2. The Bertz CT molecular complexity index is 1440. The van der Waals surface area contributed by atoms with Crippen molar-refractivity contribution in [1.29, 1.82) is 0 Å². The van der Waals surface area contributed by atoms with Crippen LogP contribution in [0.2, 0.25) is 0 Å². The molecule has 0 bridgehead atoms. The molecular formula is C31H39N3O5S. The van der Waals surface area contributed by atoms with Crippen molar-refractivity contribution in [3.8, 4) is 5.75 Å². The molecule has 8 nitrogen and oxygen atoms in total. The van der Waals surface area contributed by atoms with E-state index in [0.29, 0.717) is 23.5 Å². The highest BCUT2D eigenvalue weighted by Gasteiger charge is 2.33. The molecule has 0 aromatic heterocycles. The minimum absolute atomic E-state index is 0.0832. The van der Waals surface area contributed by atoms with E-state index in [1.807, 2.05) is 52.0 Å². The molecule has 9 heteroatoms. The average molecular weight is 566 g/mol. The first-order valence-electron chi connectivity index (χ1n) is 13.3. The lowest BCUT2D eigenvalue weighted by Crippen LogP contribution is -2.51. The smallest absolute Gasteiger partial charge is 0.264 e. The number of carbonyl (C=O) groups excluding carboxylic acids is 2. The zero-order valence-electron chi connectivity index (χ0n) is 24.1. The molecule has 0 heterocycles. The molecule has 0 saturated carbocycles. The Kier molecular flexibility index (Phi) is 10.3. The first kappa shape index (κ1) is 30.7. The molecule has 214 valence electrons. The van der Waals surface area contributed by atoms with Gasteiger partial charge in [-0.1, -0.05) is 48.9 Å². The summed E-state index contributed by atoms with van der Waals surface area (Å²) in [6, 6.07) is 18.4. The van der Waals surface area contributed by atoms with Gasteiger partial charge < -0.3 is 15.0 Å². The van der Waals surface area contributed by atoms with Crippen LogP contribution in [0.4, 0.5) is 5.69 Å². The van der Waals surface area contributed by atoms with E-state index >= 15 is 0 Å². The third-order valence-corrected chi connectivity index (χ3v) is 8.50. The number of ether oxygens (including phenoxy) is 1. The summed E-state index contributed by atoms with van der Waals surface area (Å²) in [5.74, 6) is -0.191. The first-order chi connectivity index (χ1) is 19.0. The monoisotopic (exact) mass is 565 g/mol. The minimum atomic E-state index is -4.12. The molecule has 3 aromatic carbocycles. The standard InChI is InChI=1S/C31H39N3O5S/c1-7-17-32-31(36)25(5)33(20-26-9-8-10-27(19-26)39-6)30(35)21-34(29-18-23(3)11-14-24(29)4)40(37,38)28-15-12-22(2)13-16-28/h8-16,18-19,25H,7,17,20-21H2,1-6H3,(H,32,36)/t25-/m1/s1. The molecule has 0 aliphatic heterocycles. The van der Waals surface area contributed by atoms with Crippen LogP contribution in [0.25, 0.3) is 0 Å². The Morgan fingerprint density at radius 1 is 0.950 bits per heavy atom. The SMILES string of the molecule is CCCNC(=O)[C@@H](C)N(Cc1cccc(OC)c1)C(=O)CN(c1cc(C)ccc1C)S(=O)(=O)c1ccc(C)cc1. The van der Waals surface area contributed by atoms with Crippen LogP contribution in [-0.4, -0.2) is 51.4 Å². The van der Waals surface area contributed by atoms with Crippen molar-refractivity contribution in [1.82, 2.24) is 10.2 Å².